The van der Waals surface area contributed by atoms with E-state index in [4.69, 9.17) is 38.8 Å². The maximum Gasteiger partial charge on any atom is 0.320 e. The highest BCUT2D eigenvalue weighted by Crippen LogP contribution is 2.36. The summed E-state index contributed by atoms with van der Waals surface area (Å²) in [6, 6.07) is 19.5. The SMILES string of the molecule is N[C@@H](Cc1cc(Cl)c(OCc2cccc3ccc(-c4cccc(S(=O)(=O)O)c4)cc23)c(Cl)c1)C(=O)O. The average molecular weight is 546 g/mol. The summed E-state index contributed by atoms with van der Waals surface area (Å²) in [7, 11) is -4.33. The van der Waals surface area contributed by atoms with Crippen LogP contribution in [0.3, 0.4) is 0 Å². The third-order valence-corrected chi connectivity index (χ3v) is 7.05. The van der Waals surface area contributed by atoms with Gasteiger partial charge in [0.25, 0.3) is 10.1 Å². The molecule has 4 rings (SSSR count). The fourth-order valence-corrected chi connectivity index (χ4v) is 5.01. The fraction of sp³-hybridized carbons (Fsp3) is 0.115. The van der Waals surface area contributed by atoms with Crippen LogP contribution in [0.1, 0.15) is 11.1 Å². The van der Waals surface area contributed by atoms with E-state index in [0.29, 0.717) is 11.1 Å². The standard InChI is InChI=1S/C26H21Cl2NO6S/c27-22-9-15(11-24(29)26(30)31)10-23(28)25(22)35-14-19-5-1-3-16-7-8-18(13-21(16)19)17-4-2-6-20(12-17)36(32,33)34/h1-10,12-13,24H,11,14,29H2,(H,30,31)(H,32,33,34)/t24-/m0/s1. The van der Waals surface area contributed by atoms with Crippen molar-refractivity contribution in [3.63, 3.8) is 0 Å². The van der Waals surface area contributed by atoms with Gasteiger partial charge in [0.1, 0.15) is 12.6 Å². The van der Waals surface area contributed by atoms with Crippen molar-refractivity contribution < 1.29 is 27.6 Å². The molecule has 0 radical (unpaired) electrons. The Hall–Kier alpha value is -3.14. The first kappa shape index (κ1) is 25.9. The van der Waals surface area contributed by atoms with Crippen molar-refractivity contribution in [2.24, 2.45) is 5.73 Å². The zero-order chi connectivity index (χ0) is 26.0. The number of carbonyl (C=O) groups is 1. The van der Waals surface area contributed by atoms with Gasteiger partial charge < -0.3 is 15.6 Å². The predicted octanol–water partition coefficient (Wildman–Crippen LogP) is 5.59. The van der Waals surface area contributed by atoms with E-state index < -0.39 is 22.1 Å². The topological polar surface area (TPSA) is 127 Å². The number of benzene rings is 4. The van der Waals surface area contributed by atoms with Crippen LogP contribution in [0.15, 0.2) is 77.7 Å². The summed E-state index contributed by atoms with van der Waals surface area (Å²) in [6.45, 7) is 0.138. The molecule has 0 amide bonds. The Labute approximate surface area is 217 Å². The lowest BCUT2D eigenvalue weighted by Gasteiger charge is -2.14. The summed E-state index contributed by atoms with van der Waals surface area (Å²) in [5, 5.41) is 11.3. The lowest BCUT2D eigenvalue weighted by atomic mass is 9.98. The summed E-state index contributed by atoms with van der Waals surface area (Å²) in [5.74, 6) is -0.859. The van der Waals surface area contributed by atoms with Gasteiger partial charge in [0, 0.05) is 0 Å². The van der Waals surface area contributed by atoms with E-state index in [1.807, 2.05) is 36.4 Å². The molecule has 4 N–H and O–H groups in total. The monoisotopic (exact) mass is 545 g/mol. The number of hydrogen-bond donors (Lipinski definition) is 3. The number of rotatable bonds is 8. The summed E-state index contributed by atoms with van der Waals surface area (Å²) in [6.07, 6.45) is 0.0694. The molecule has 0 aliphatic rings. The smallest absolute Gasteiger partial charge is 0.320 e. The summed E-state index contributed by atoms with van der Waals surface area (Å²) < 4.78 is 38.4. The normalized spacial score (nSPS) is 12.4. The first-order valence-corrected chi connectivity index (χ1v) is 12.9. The maximum atomic E-state index is 11.5. The molecule has 36 heavy (non-hydrogen) atoms. The molecule has 4 aromatic rings. The Morgan fingerprint density at radius 3 is 2.28 bits per heavy atom. The number of halogens is 2. The van der Waals surface area contributed by atoms with Gasteiger partial charge in [-0.15, -0.1) is 0 Å². The Balaban J connectivity index is 1.63. The molecule has 1 atom stereocenters. The second kappa shape index (κ2) is 10.5. The number of carboxylic acids is 1. The minimum Gasteiger partial charge on any atom is -0.486 e. The van der Waals surface area contributed by atoms with Crippen LogP contribution in [0.4, 0.5) is 0 Å². The third kappa shape index (κ3) is 5.80. The summed E-state index contributed by atoms with van der Waals surface area (Å²) in [5.41, 5.74) is 8.40. The Morgan fingerprint density at radius 1 is 0.944 bits per heavy atom. The largest absolute Gasteiger partial charge is 0.486 e. The number of hydrogen-bond acceptors (Lipinski definition) is 5. The van der Waals surface area contributed by atoms with Gasteiger partial charge in [-0.1, -0.05) is 65.7 Å². The minimum atomic E-state index is -4.33. The number of nitrogens with two attached hydrogens (primary N) is 1. The van der Waals surface area contributed by atoms with Crippen molar-refractivity contribution in [3.8, 4) is 16.9 Å². The van der Waals surface area contributed by atoms with Crippen LogP contribution in [0, 0.1) is 0 Å². The van der Waals surface area contributed by atoms with Crippen LogP contribution in [0.2, 0.25) is 10.0 Å². The lowest BCUT2D eigenvalue weighted by molar-refractivity contribution is -0.138. The summed E-state index contributed by atoms with van der Waals surface area (Å²) >= 11 is 12.7. The molecule has 0 aliphatic carbocycles. The molecular formula is C26H21Cl2NO6S. The molecule has 0 aromatic heterocycles. The van der Waals surface area contributed by atoms with Gasteiger partial charge in [-0.2, -0.15) is 8.42 Å². The Kier molecular flexibility index (Phi) is 7.54. The lowest BCUT2D eigenvalue weighted by Crippen LogP contribution is -2.32. The van der Waals surface area contributed by atoms with Crippen molar-refractivity contribution >= 4 is 50.1 Å². The molecule has 0 fully saturated rings. The van der Waals surface area contributed by atoms with Crippen LogP contribution >= 0.6 is 23.2 Å². The van der Waals surface area contributed by atoms with Crippen molar-refractivity contribution in [1.29, 1.82) is 0 Å². The second-order valence-corrected chi connectivity index (χ2v) is 10.4. The molecule has 0 saturated carbocycles. The molecule has 186 valence electrons. The van der Waals surface area contributed by atoms with Crippen LogP contribution in [0.25, 0.3) is 21.9 Å². The van der Waals surface area contributed by atoms with E-state index >= 15 is 0 Å². The highest BCUT2D eigenvalue weighted by atomic mass is 35.5. The minimum absolute atomic E-state index is 0.0694. The van der Waals surface area contributed by atoms with Crippen molar-refractivity contribution in [3.05, 3.63) is 94.0 Å². The molecule has 7 nitrogen and oxygen atoms in total. The van der Waals surface area contributed by atoms with E-state index in [2.05, 4.69) is 0 Å². The average Bonchev–Trinajstić information content (AvgIpc) is 2.82. The van der Waals surface area contributed by atoms with E-state index in [9.17, 15) is 17.8 Å². The number of fused-ring (bicyclic) bond motifs is 1. The van der Waals surface area contributed by atoms with E-state index in [0.717, 1.165) is 21.9 Å². The number of ether oxygens (including phenoxy) is 1. The van der Waals surface area contributed by atoms with Crippen molar-refractivity contribution in [2.45, 2.75) is 24.0 Å². The van der Waals surface area contributed by atoms with Gasteiger partial charge in [0.05, 0.1) is 14.9 Å². The first-order chi connectivity index (χ1) is 17.0. The molecular weight excluding hydrogens is 525 g/mol. The highest BCUT2D eigenvalue weighted by Gasteiger charge is 2.17. The van der Waals surface area contributed by atoms with E-state index in [1.54, 1.807) is 24.3 Å². The predicted molar refractivity (Wildman–Crippen MR) is 139 cm³/mol. The molecule has 10 heteroatoms. The fourth-order valence-electron chi connectivity index (χ4n) is 3.84. The van der Waals surface area contributed by atoms with E-state index in [-0.39, 0.29) is 33.7 Å². The molecule has 0 spiro atoms. The summed E-state index contributed by atoms with van der Waals surface area (Å²) in [4.78, 5) is 10.8. The highest BCUT2D eigenvalue weighted by molar-refractivity contribution is 7.85. The molecule has 4 aromatic carbocycles. The zero-order valence-corrected chi connectivity index (χ0v) is 21.0. The molecule has 0 aliphatic heterocycles. The third-order valence-electron chi connectivity index (χ3n) is 5.64. The molecule has 0 heterocycles. The quantitative estimate of drug-likeness (QED) is 0.246. The van der Waals surface area contributed by atoms with Crippen molar-refractivity contribution in [1.82, 2.24) is 0 Å². The molecule has 0 unspecified atom stereocenters. The van der Waals surface area contributed by atoms with Crippen molar-refractivity contribution in [2.75, 3.05) is 0 Å². The Morgan fingerprint density at radius 2 is 1.61 bits per heavy atom. The van der Waals surface area contributed by atoms with Crippen LogP contribution in [-0.2, 0) is 27.9 Å². The van der Waals surface area contributed by atoms with Gasteiger partial charge >= 0.3 is 5.97 Å². The Bertz CT molecular complexity index is 1550. The van der Waals surface area contributed by atoms with Crippen LogP contribution < -0.4 is 10.5 Å². The zero-order valence-electron chi connectivity index (χ0n) is 18.7. The van der Waals surface area contributed by atoms with Crippen LogP contribution in [-0.4, -0.2) is 30.1 Å². The van der Waals surface area contributed by atoms with E-state index in [1.165, 1.54) is 12.1 Å². The van der Waals surface area contributed by atoms with Gasteiger partial charge in [0.15, 0.2) is 5.75 Å². The number of aliphatic carboxylic acids is 1. The second-order valence-electron chi connectivity index (χ2n) is 8.18. The molecule has 0 saturated heterocycles. The van der Waals surface area contributed by atoms with Gasteiger partial charge in [0.2, 0.25) is 0 Å². The van der Waals surface area contributed by atoms with Gasteiger partial charge in [-0.05, 0) is 69.8 Å². The first-order valence-electron chi connectivity index (χ1n) is 10.7. The van der Waals surface area contributed by atoms with Gasteiger partial charge in [-0.3, -0.25) is 9.35 Å². The maximum absolute atomic E-state index is 11.5. The number of carboxylic acid groups (broad SMARTS) is 1. The van der Waals surface area contributed by atoms with Crippen LogP contribution in [0.5, 0.6) is 5.75 Å². The molecule has 0 bridgehead atoms. The van der Waals surface area contributed by atoms with Gasteiger partial charge in [-0.25, -0.2) is 0 Å².